The second kappa shape index (κ2) is 8.87. The summed E-state index contributed by atoms with van der Waals surface area (Å²) >= 11 is 0. The first-order chi connectivity index (χ1) is 12.0. The first-order valence-electron chi connectivity index (χ1n) is 8.38. The van der Waals surface area contributed by atoms with E-state index < -0.39 is 0 Å². The maximum absolute atomic E-state index is 12.2. The van der Waals surface area contributed by atoms with Crippen LogP contribution in [0.4, 0.5) is 0 Å². The standard InChI is InChI=1S/C20H25N3O2/c1-14(2)7-6-8-15(3)11-12-21-20(25)18-13-17(22-23-18)16-9-4-5-10-19(16)24/h4-5,7,9-11,13,24H,6,8,12H2,1-3H3,(H,21,25)(H,22,23)/b15-11+. The molecule has 1 aromatic heterocycles. The summed E-state index contributed by atoms with van der Waals surface area (Å²) in [5, 5.41) is 19.5. The number of benzene rings is 1. The zero-order valence-corrected chi connectivity index (χ0v) is 15.0. The lowest BCUT2D eigenvalue weighted by Gasteiger charge is -2.02. The first-order valence-corrected chi connectivity index (χ1v) is 8.38. The third kappa shape index (κ3) is 5.64. The van der Waals surface area contributed by atoms with Gasteiger partial charge in [-0.1, -0.05) is 35.4 Å². The molecule has 5 nitrogen and oxygen atoms in total. The number of hydrogen-bond donors (Lipinski definition) is 3. The summed E-state index contributed by atoms with van der Waals surface area (Å²) in [5.41, 5.74) is 4.07. The molecule has 0 atom stereocenters. The summed E-state index contributed by atoms with van der Waals surface area (Å²) in [6, 6.07) is 8.53. The van der Waals surface area contributed by atoms with Crippen LogP contribution in [0.25, 0.3) is 11.3 Å². The van der Waals surface area contributed by atoms with Gasteiger partial charge < -0.3 is 10.4 Å². The molecule has 3 N–H and O–H groups in total. The van der Waals surface area contributed by atoms with E-state index in [1.165, 1.54) is 11.1 Å². The molecule has 1 heterocycles. The molecule has 5 heteroatoms. The van der Waals surface area contributed by atoms with Crippen molar-refractivity contribution in [1.29, 1.82) is 0 Å². The molecular formula is C20H25N3O2. The van der Waals surface area contributed by atoms with E-state index in [0.29, 0.717) is 23.5 Å². The van der Waals surface area contributed by atoms with Gasteiger partial charge in [0, 0.05) is 12.1 Å². The SMILES string of the molecule is CC(C)=CCC/C(C)=C/CNC(=O)c1cc(-c2ccccc2O)n[nH]1. The number of H-pyrrole nitrogens is 1. The highest BCUT2D eigenvalue weighted by atomic mass is 16.3. The lowest BCUT2D eigenvalue weighted by Crippen LogP contribution is -2.23. The van der Waals surface area contributed by atoms with Gasteiger partial charge in [-0.3, -0.25) is 9.89 Å². The van der Waals surface area contributed by atoms with Crippen LogP contribution in [-0.2, 0) is 0 Å². The maximum atomic E-state index is 12.2. The van der Waals surface area contributed by atoms with E-state index in [1.54, 1.807) is 24.3 Å². The third-order valence-corrected chi connectivity index (χ3v) is 3.81. The Labute approximate surface area is 148 Å². The molecule has 0 aliphatic heterocycles. The first kappa shape index (κ1) is 18.5. The molecule has 1 amide bonds. The van der Waals surface area contributed by atoms with E-state index in [-0.39, 0.29) is 11.7 Å². The maximum Gasteiger partial charge on any atom is 0.269 e. The van der Waals surface area contributed by atoms with E-state index in [4.69, 9.17) is 0 Å². The number of amides is 1. The number of allylic oxidation sites excluding steroid dienone is 3. The largest absolute Gasteiger partial charge is 0.507 e. The number of aromatic nitrogens is 2. The van der Waals surface area contributed by atoms with Gasteiger partial charge in [-0.15, -0.1) is 0 Å². The second-order valence-electron chi connectivity index (χ2n) is 6.26. The van der Waals surface area contributed by atoms with Gasteiger partial charge >= 0.3 is 0 Å². The second-order valence-corrected chi connectivity index (χ2v) is 6.26. The summed E-state index contributed by atoms with van der Waals surface area (Å²) in [7, 11) is 0. The van der Waals surface area contributed by atoms with Crippen LogP contribution in [0.2, 0.25) is 0 Å². The Morgan fingerprint density at radius 1 is 1.24 bits per heavy atom. The molecule has 25 heavy (non-hydrogen) atoms. The fraction of sp³-hybridized carbons (Fsp3) is 0.300. The topological polar surface area (TPSA) is 78.0 Å². The number of para-hydroxylation sites is 1. The van der Waals surface area contributed by atoms with Crippen molar-refractivity contribution in [1.82, 2.24) is 15.5 Å². The van der Waals surface area contributed by atoms with Crippen molar-refractivity contribution in [3.63, 3.8) is 0 Å². The lowest BCUT2D eigenvalue weighted by molar-refractivity contribution is 0.0953. The van der Waals surface area contributed by atoms with Gasteiger partial charge in [-0.05, 0) is 51.8 Å². The van der Waals surface area contributed by atoms with Gasteiger partial charge in [0.15, 0.2) is 0 Å². The summed E-state index contributed by atoms with van der Waals surface area (Å²) in [4.78, 5) is 12.2. The number of rotatable bonds is 7. The minimum absolute atomic E-state index is 0.135. The van der Waals surface area contributed by atoms with E-state index >= 15 is 0 Å². The highest BCUT2D eigenvalue weighted by molar-refractivity contribution is 5.93. The molecule has 0 saturated carbocycles. The quantitative estimate of drug-likeness (QED) is 0.661. The van der Waals surface area contributed by atoms with Gasteiger partial charge in [0.1, 0.15) is 11.4 Å². The Kier molecular flexibility index (Phi) is 6.57. The molecule has 0 aliphatic rings. The minimum atomic E-state index is -0.220. The fourth-order valence-corrected chi connectivity index (χ4v) is 2.37. The molecule has 0 saturated heterocycles. The average molecular weight is 339 g/mol. The highest BCUT2D eigenvalue weighted by Crippen LogP contribution is 2.27. The Morgan fingerprint density at radius 2 is 2.00 bits per heavy atom. The fourth-order valence-electron chi connectivity index (χ4n) is 2.37. The van der Waals surface area contributed by atoms with Gasteiger partial charge in [-0.2, -0.15) is 5.10 Å². The number of nitrogens with one attached hydrogen (secondary N) is 2. The summed E-state index contributed by atoms with van der Waals surface area (Å²) in [5.74, 6) is -0.0848. The van der Waals surface area contributed by atoms with Crippen LogP contribution in [0, 0.1) is 0 Å². The number of hydrogen-bond acceptors (Lipinski definition) is 3. The zero-order valence-electron chi connectivity index (χ0n) is 15.0. The summed E-state index contributed by atoms with van der Waals surface area (Å²) in [6.07, 6.45) is 6.24. The zero-order chi connectivity index (χ0) is 18.2. The van der Waals surface area contributed by atoms with Crippen LogP contribution < -0.4 is 5.32 Å². The van der Waals surface area contributed by atoms with E-state index in [1.807, 2.05) is 12.1 Å². The molecule has 0 aliphatic carbocycles. The van der Waals surface area contributed by atoms with Gasteiger partial charge in [-0.25, -0.2) is 0 Å². The average Bonchev–Trinajstić information content (AvgIpc) is 3.04. The van der Waals surface area contributed by atoms with Crippen LogP contribution in [0.3, 0.4) is 0 Å². The Morgan fingerprint density at radius 3 is 2.72 bits per heavy atom. The highest BCUT2D eigenvalue weighted by Gasteiger charge is 2.12. The van der Waals surface area contributed by atoms with E-state index in [2.05, 4.69) is 42.4 Å². The molecule has 0 radical (unpaired) electrons. The van der Waals surface area contributed by atoms with Crippen molar-refractivity contribution < 1.29 is 9.90 Å². The van der Waals surface area contributed by atoms with Crippen LogP contribution in [0.15, 0.2) is 53.6 Å². The molecule has 132 valence electrons. The van der Waals surface area contributed by atoms with Crippen LogP contribution in [0.1, 0.15) is 44.1 Å². The van der Waals surface area contributed by atoms with Crippen molar-refractivity contribution in [2.75, 3.05) is 6.54 Å². The van der Waals surface area contributed by atoms with Gasteiger partial charge in [0.2, 0.25) is 0 Å². The molecule has 0 spiro atoms. The smallest absolute Gasteiger partial charge is 0.269 e. The van der Waals surface area contributed by atoms with Crippen molar-refractivity contribution in [3.8, 4) is 17.0 Å². The number of aromatic amines is 1. The van der Waals surface area contributed by atoms with E-state index in [9.17, 15) is 9.90 Å². The van der Waals surface area contributed by atoms with Crippen LogP contribution in [-0.4, -0.2) is 27.8 Å². The van der Waals surface area contributed by atoms with Crippen molar-refractivity contribution in [3.05, 3.63) is 59.3 Å². The summed E-state index contributed by atoms with van der Waals surface area (Å²) in [6.45, 7) is 6.72. The molecule has 2 aromatic rings. The number of phenols is 1. The summed E-state index contributed by atoms with van der Waals surface area (Å²) < 4.78 is 0. The Balaban J connectivity index is 1.90. The predicted molar refractivity (Wildman–Crippen MR) is 100 cm³/mol. The Bertz CT molecular complexity index is 784. The molecule has 1 aromatic carbocycles. The van der Waals surface area contributed by atoms with Crippen molar-refractivity contribution in [2.24, 2.45) is 0 Å². The molecular weight excluding hydrogens is 314 g/mol. The molecule has 0 bridgehead atoms. The van der Waals surface area contributed by atoms with Crippen molar-refractivity contribution >= 4 is 5.91 Å². The van der Waals surface area contributed by atoms with Crippen LogP contribution >= 0.6 is 0 Å². The number of carbonyl (C=O) groups is 1. The predicted octanol–water partition coefficient (Wildman–Crippen LogP) is 4.20. The Hall–Kier alpha value is -2.82. The van der Waals surface area contributed by atoms with Crippen molar-refractivity contribution in [2.45, 2.75) is 33.6 Å². The van der Waals surface area contributed by atoms with Gasteiger partial charge in [0.05, 0.1) is 5.69 Å². The molecule has 0 fully saturated rings. The minimum Gasteiger partial charge on any atom is -0.507 e. The monoisotopic (exact) mass is 339 g/mol. The lowest BCUT2D eigenvalue weighted by atomic mass is 10.1. The van der Waals surface area contributed by atoms with E-state index in [0.717, 1.165) is 12.8 Å². The molecule has 0 unspecified atom stereocenters. The number of nitrogens with zero attached hydrogens (tertiary/aromatic N) is 1. The number of phenolic OH excluding ortho intramolecular Hbond substituents is 1. The molecule has 2 rings (SSSR count). The number of carbonyl (C=O) groups excluding carboxylic acids is 1. The van der Waals surface area contributed by atoms with Gasteiger partial charge in [0.25, 0.3) is 5.91 Å². The number of aromatic hydroxyl groups is 1. The normalized spacial score (nSPS) is 11.2. The third-order valence-electron chi connectivity index (χ3n) is 3.81. The van der Waals surface area contributed by atoms with Crippen LogP contribution in [0.5, 0.6) is 5.75 Å².